The number of rotatable bonds is 7. The zero-order valence-electron chi connectivity index (χ0n) is 19.8. The second kappa shape index (κ2) is 11.0. The molecule has 3 N–H and O–H groups in total. The van der Waals surface area contributed by atoms with Crippen molar-refractivity contribution in [3.63, 3.8) is 0 Å². The highest BCUT2D eigenvalue weighted by atomic mass is 35.5. The van der Waals surface area contributed by atoms with E-state index in [0.717, 1.165) is 17.4 Å². The van der Waals surface area contributed by atoms with Crippen LogP contribution in [0.25, 0.3) is 11.1 Å². The van der Waals surface area contributed by atoms with Gasteiger partial charge in [0.15, 0.2) is 5.60 Å². The van der Waals surface area contributed by atoms with E-state index in [1.165, 1.54) is 28.3 Å². The number of carboxylic acid groups (broad SMARTS) is 1. The molecule has 0 saturated carbocycles. The van der Waals surface area contributed by atoms with Gasteiger partial charge >= 0.3 is 17.8 Å². The van der Waals surface area contributed by atoms with Crippen LogP contribution in [0.2, 0.25) is 5.02 Å². The molecule has 1 aliphatic heterocycles. The molecular formula is C24H28ClN3O7S. The molecule has 2 aromatic carbocycles. The Bertz CT molecular complexity index is 1240. The lowest BCUT2D eigenvalue weighted by atomic mass is 9.86. The SMILES string of the molecule is CC(CC(O)(C(=O)O)c1ccc(-c2ccccc2Cl)cc1)NC(=O)C(=O)N1CCN(S(C)(=O)=O)CC1. The first-order valence-corrected chi connectivity index (χ1v) is 13.4. The number of aliphatic carboxylic acids is 1. The summed E-state index contributed by atoms with van der Waals surface area (Å²) in [5.74, 6) is -3.31. The first kappa shape index (κ1) is 27.6. The highest BCUT2D eigenvalue weighted by molar-refractivity contribution is 7.88. The lowest BCUT2D eigenvalue weighted by Crippen LogP contribution is -2.54. The van der Waals surface area contributed by atoms with E-state index in [2.05, 4.69) is 5.32 Å². The van der Waals surface area contributed by atoms with Crippen molar-refractivity contribution >= 4 is 39.4 Å². The number of piperazine rings is 1. The van der Waals surface area contributed by atoms with Crippen LogP contribution in [0.5, 0.6) is 0 Å². The number of carbonyl (C=O) groups is 3. The van der Waals surface area contributed by atoms with Gasteiger partial charge in [-0.2, -0.15) is 4.31 Å². The molecule has 3 rings (SSSR count). The maximum Gasteiger partial charge on any atom is 0.340 e. The molecule has 0 aliphatic carbocycles. The molecule has 2 unspecified atom stereocenters. The van der Waals surface area contributed by atoms with Gasteiger partial charge in [0.2, 0.25) is 10.0 Å². The minimum Gasteiger partial charge on any atom is -0.479 e. The van der Waals surface area contributed by atoms with E-state index in [-0.39, 0.29) is 31.7 Å². The maximum atomic E-state index is 12.5. The quantitative estimate of drug-likeness (QED) is 0.451. The molecule has 1 heterocycles. The molecule has 36 heavy (non-hydrogen) atoms. The van der Waals surface area contributed by atoms with E-state index in [1.807, 2.05) is 12.1 Å². The number of sulfonamides is 1. The van der Waals surface area contributed by atoms with Crippen molar-refractivity contribution in [2.45, 2.75) is 25.0 Å². The third-order valence-corrected chi connectivity index (χ3v) is 7.70. The molecule has 0 aromatic heterocycles. The Morgan fingerprint density at radius 2 is 1.64 bits per heavy atom. The number of hydrogen-bond acceptors (Lipinski definition) is 6. The third-order valence-electron chi connectivity index (χ3n) is 6.07. The van der Waals surface area contributed by atoms with Crippen LogP contribution in [-0.2, 0) is 30.0 Å². The molecule has 1 saturated heterocycles. The molecule has 1 fully saturated rings. The molecule has 12 heteroatoms. The van der Waals surface area contributed by atoms with Gasteiger partial charge in [0.05, 0.1) is 6.26 Å². The number of carbonyl (C=O) groups excluding carboxylic acids is 2. The van der Waals surface area contributed by atoms with Crippen molar-refractivity contribution in [2.24, 2.45) is 0 Å². The minimum atomic E-state index is -3.39. The van der Waals surface area contributed by atoms with Gasteiger partial charge in [-0.25, -0.2) is 13.2 Å². The van der Waals surface area contributed by atoms with E-state index < -0.39 is 45.9 Å². The van der Waals surface area contributed by atoms with E-state index in [1.54, 1.807) is 24.3 Å². The maximum absolute atomic E-state index is 12.5. The predicted molar refractivity (Wildman–Crippen MR) is 134 cm³/mol. The van der Waals surface area contributed by atoms with Crippen LogP contribution in [0.15, 0.2) is 48.5 Å². The largest absolute Gasteiger partial charge is 0.479 e. The summed E-state index contributed by atoms with van der Waals surface area (Å²) in [4.78, 5) is 38.3. The van der Waals surface area contributed by atoms with Crippen molar-refractivity contribution in [1.82, 2.24) is 14.5 Å². The Morgan fingerprint density at radius 1 is 1.06 bits per heavy atom. The van der Waals surface area contributed by atoms with Gasteiger partial charge < -0.3 is 20.4 Å². The van der Waals surface area contributed by atoms with Gasteiger partial charge in [0.1, 0.15) is 0 Å². The van der Waals surface area contributed by atoms with Gasteiger partial charge in [0.25, 0.3) is 0 Å². The number of aliphatic hydroxyl groups is 1. The second-order valence-corrected chi connectivity index (χ2v) is 11.1. The Balaban J connectivity index is 1.66. The summed E-state index contributed by atoms with van der Waals surface area (Å²) in [6, 6.07) is 12.5. The van der Waals surface area contributed by atoms with Crippen LogP contribution >= 0.6 is 11.6 Å². The van der Waals surface area contributed by atoms with Crippen molar-refractivity contribution in [3.05, 3.63) is 59.1 Å². The fraction of sp³-hybridized carbons (Fsp3) is 0.375. The van der Waals surface area contributed by atoms with Gasteiger partial charge in [-0.3, -0.25) is 9.59 Å². The van der Waals surface area contributed by atoms with E-state index in [0.29, 0.717) is 5.02 Å². The first-order chi connectivity index (χ1) is 16.8. The standard InChI is InChI=1S/C24H28ClN3O7S/c1-16(26-21(29)22(30)27-11-13-28(14-12-27)36(2,34)35)15-24(33,23(31)32)18-9-7-17(8-10-18)19-5-3-4-6-20(19)25/h3-10,16,33H,11-15H2,1-2H3,(H,26,29)(H,31,32). The third kappa shape index (κ3) is 6.22. The van der Waals surface area contributed by atoms with E-state index in [4.69, 9.17) is 11.6 Å². The van der Waals surface area contributed by atoms with Gasteiger partial charge in [0, 0.05) is 49.2 Å². The molecule has 2 amide bonds. The molecular weight excluding hydrogens is 510 g/mol. The summed E-state index contributed by atoms with van der Waals surface area (Å²) in [7, 11) is -3.39. The molecule has 0 bridgehead atoms. The van der Waals surface area contributed by atoms with Crippen LogP contribution in [-0.4, -0.2) is 84.1 Å². The van der Waals surface area contributed by atoms with Crippen LogP contribution in [0.4, 0.5) is 0 Å². The fourth-order valence-electron chi connectivity index (χ4n) is 4.10. The second-order valence-electron chi connectivity index (χ2n) is 8.76. The van der Waals surface area contributed by atoms with Crippen LogP contribution in [0.3, 0.4) is 0 Å². The van der Waals surface area contributed by atoms with Crippen LogP contribution < -0.4 is 5.32 Å². The summed E-state index contributed by atoms with van der Waals surface area (Å²) in [6.45, 7) is 1.76. The summed E-state index contributed by atoms with van der Waals surface area (Å²) >= 11 is 6.22. The lowest BCUT2D eigenvalue weighted by molar-refractivity contribution is -0.161. The molecule has 10 nitrogen and oxygen atoms in total. The summed E-state index contributed by atoms with van der Waals surface area (Å²) in [5.41, 5.74) is -0.730. The average molecular weight is 538 g/mol. The lowest BCUT2D eigenvalue weighted by Gasteiger charge is -2.33. The smallest absolute Gasteiger partial charge is 0.340 e. The fourth-order valence-corrected chi connectivity index (χ4v) is 5.17. The monoisotopic (exact) mass is 537 g/mol. The van der Waals surface area contributed by atoms with Gasteiger partial charge in [-0.05, 0) is 24.1 Å². The van der Waals surface area contributed by atoms with Crippen LogP contribution in [0.1, 0.15) is 18.9 Å². The van der Waals surface area contributed by atoms with Crippen molar-refractivity contribution < 1.29 is 33.0 Å². The number of benzene rings is 2. The van der Waals surface area contributed by atoms with Gasteiger partial charge in [-0.1, -0.05) is 54.1 Å². The number of nitrogens with one attached hydrogen (secondary N) is 1. The highest BCUT2D eigenvalue weighted by Crippen LogP contribution is 2.32. The van der Waals surface area contributed by atoms with Crippen molar-refractivity contribution in [1.29, 1.82) is 0 Å². The Hall–Kier alpha value is -2.99. The topological polar surface area (TPSA) is 144 Å². The first-order valence-electron chi connectivity index (χ1n) is 11.2. The molecule has 2 atom stereocenters. The normalized spacial score (nSPS) is 17.2. The van der Waals surface area contributed by atoms with Crippen LogP contribution in [0, 0.1) is 0 Å². The number of hydrogen-bond donors (Lipinski definition) is 3. The van der Waals surface area contributed by atoms with Crippen molar-refractivity contribution in [2.75, 3.05) is 32.4 Å². The molecule has 0 radical (unpaired) electrons. The highest BCUT2D eigenvalue weighted by Gasteiger charge is 2.40. The van der Waals surface area contributed by atoms with Gasteiger partial charge in [-0.15, -0.1) is 0 Å². The molecule has 2 aromatic rings. The Morgan fingerprint density at radius 3 is 2.17 bits per heavy atom. The minimum absolute atomic E-state index is 0.0601. The number of amides is 2. The summed E-state index contributed by atoms with van der Waals surface area (Å²) in [5, 5.41) is 23.8. The zero-order valence-corrected chi connectivity index (χ0v) is 21.4. The van der Waals surface area contributed by atoms with Crippen molar-refractivity contribution in [3.8, 4) is 11.1 Å². The summed E-state index contributed by atoms with van der Waals surface area (Å²) in [6.07, 6.45) is 0.682. The predicted octanol–water partition coefficient (Wildman–Crippen LogP) is 1.28. The van der Waals surface area contributed by atoms with E-state index in [9.17, 15) is 33.0 Å². The molecule has 194 valence electrons. The number of carboxylic acids is 1. The van der Waals surface area contributed by atoms with E-state index >= 15 is 0 Å². The number of nitrogens with zero attached hydrogens (tertiary/aromatic N) is 2. The Labute approximate surface area is 214 Å². The zero-order chi connectivity index (χ0) is 26.7. The number of halogens is 1. The average Bonchev–Trinajstić information content (AvgIpc) is 2.83. The Kier molecular flexibility index (Phi) is 8.40. The molecule has 1 aliphatic rings. The summed E-state index contributed by atoms with van der Waals surface area (Å²) < 4.78 is 24.5. The molecule has 0 spiro atoms.